The van der Waals surface area contributed by atoms with Gasteiger partial charge in [-0.3, -0.25) is 0 Å². The second-order valence-corrected chi connectivity index (χ2v) is 6.29. The number of rotatable bonds is 9. The summed E-state index contributed by atoms with van der Waals surface area (Å²) in [4.78, 5) is 11.3. The standard InChI is InChI=1S/C20H28O3/c1-2-3-4-8-11-19(20(21)22)23-18-14-12-17(13-15-18)16-9-6-5-7-10-16/h9,12-15,19H,2-8,10-11H2,1H3,(H,21,22). The first-order chi connectivity index (χ1) is 11.2. The fraction of sp³-hybridized carbons (Fsp3) is 0.550. The smallest absolute Gasteiger partial charge is 0.344 e. The van der Waals surface area contributed by atoms with Gasteiger partial charge in [0.15, 0.2) is 6.10 Å². The van der Waals surface area contributed by atoms with Crippen LogP contribution < -0.4 is 4.74 Å². The summed E-state index contributed by atoms with van der Waals surface area (Å²) in [6, 6.07) is 7.88. The quantitative estimate of drug-likeness (QED) is 0.616. The maximum atomic E-state index is 11.3. The van der Waals surface area contributed by atoms with Crippen LogP contribution in [-0.2, 0) is 4.79 Å². The summed E-state index contributed by atoms with van der Waals surface area (Å²) in [6.45, 7) is 2.15. The molecule has 1 atom stereocenters. The van der Waals surface area contributed by atoms with Gasteiger partial charge in [0, 0.05) is 0 Å². The van der Waals surface area contributed by atoms with Gasteiger partial charge < -0.3 is 9.84 Å². The Bertz CT molecular complexity index is 516. The molecule has 2 rings (SSSR count). The fourth-order valence-corrected chi connectivity index (χ4v) is 3.00. The van der Waals surface area contributed by atoms with E-state index in [0.717, 1.165) is 38.5 Å². The minimum Gasteiger partial charge on any atom is -0.479 e. The number of hydrogen-bond acceptors (Lipinski definition) is 2. The van der Waals surface area contributed by atoms with Crippen molar-refractivity contribution in [2.75, 3.05) is 0 Å². The molecule has 0 aromatic heterocycles. The molecule has 3 nitrogen and oxygen atoms in total. The molecule has 0 heterocycles. The van der Waals surface area contributed by atoms with Crippen molar-refractivity contribution in [3.05, 3.63) is 35.9 Å². The maximum Gasteiger partial charge on any atom is 0.344 e. The van der Waals surface area contributed by atoms with Crippen molar-refractivity contribution in [1.29, 1.82) is 0 Å². The summed E-state index contributed by atoms with van der Waals surface area (Å²) in [7, 11) is 0. The number of ether oxygens (including phenoxy) is 1. The molecular weight excluding hydrogens is 288 g/mol. The number of hydrogen-bond donors (Lipinski definition) is 1. The van der Waals surface area contributed by atoms with Crippen LogP contribution in [0.2, 0.25) is 0 Å². The molecule has 1 aliphatic rings. The van der Waals surface area contributed by atoms with Crippen molar-refractivity contribution < 1.29 is 14.6 Å². The monoisotopic (exact) mass is 316 g/mol. The predicted octanol–water partition coefficient (Wildman–Crippen LogP) is 5.45. The Morgan fingerprint density at radius 1 is 1.17 bits per heavy atom. The van der Waals surface area contributed by atoms with Gasteiger partial charge in [-0.25, -0.2) is 4.79 Å². The average Bonchev–Trinajstić information content (AvgIpc) is 2.59. The molecular formula is C20H28O3. The molecule has 126 valence electrons. The van der Waals surface area contributed by atoms with Gasteiger partial charge in [0.05, 0.1) is 0 Å². The largest absolute Gasteiger partial charge is 0.479 e. The normalized spacial score (nSPS) is 15.8. The van der Waals surface area contributed by atoms with E-state index < -0.39 is 12.1 Å². The van der Waals surface area contributed by atoms with E-state index in [1.54, 1.807) is 0 Å². The minimum absolute atomic E-state index is 0.572. The maximum absolute atomic E-state index is 11.3. The number of carbonyl (C=O) groups is 1. The molecule has 0 fully saturated rings. The van der Waals surface area contributed by atoms with E-state index in [1.165, 1.54) is 24.0 Å². The number of allylic oxidation sites excluding steroid dienone is 2. The first kappa shape index (κ1) is 17.6. The van der Waals surface area contributed by atoms with Gasteiger partial charge in [-0.2, -0.15) is 0 Å². The average molecular weight is 316 g/mol. The van der Waals surface area contributed by atoms with Crippen molar-refractivity contribution in [1.82, 2.24) is 0 Å². The van der Waals surface area contributed by atoms with Crippen LogP contribution in [-0.4, -0.2) is 17.2 Å². The van der Waals surface area contributed by atoms with E-state index in [0.29, 0.717) is 12.2 Å². The van der Waals surface area contributed by atoms with E-state index in [9.17, 15) is 9.90 Å². The molecule has 0 aliphatic heterocycles. The van der Waals surface area contributed by atoms with Crippen molar-refractivity contribution in [2.24, 2.45) is 0 Å². The lowest BCUT2D eigenvalue weighted by Crippen LogP contribution is -2.26. The van der Waals surface area contributed by atoms with Crippen LogP contribution in [0.25, 0.3) is 5.57 Å². The predicted molar refractivity (Wildman–Crippen MR) is 93.7 cm³/mol. The van der Waals surface area contributed by atoms with Crippen molar-refractivity contribution in [3.63, 3.8) is 0 Å². The number of unbranched alkanes of at least 4 members (excludes halogenated alkanes) is 3. The minimum atomic E-state index is -0.874. The molecule has 0 amide bonds. The fourth-order valence-electron chi connectivity index (χ4n) is 3.00. The first-order valence-electron chi connectivity index (χ1n) is 8.89. The molecule has 1 N–H and O–H groups in total. The van der Waals surface area contributed by atoms with Gasteiger partial charge in [0.25, 0.3) is 0 Å². The lowest BCUT2D eigenvalue weighted by atomic mass is 9.94. The Balaban J connectivity index is 1.91. The van der Waals surface area contributed by atoms with E-state index in [1.807, 2.05) is 24.3 Å². The van der Waals surface area contributed by atoms with Gasteiger partial charge in [-0.15, -0.1) is 0 Å². The highest BCUT2D eigenvalue weighted by atomic mass is 16.5. The van der Waals surface area contributed by atoms with Crippen LogP contribution in [0.3, 0.4) is 0 Å². The molecule has 1 aromatic carbocycles. The summed E-state index contributed by atoms with van der Waals surface area (Å²) >= 11 is 0. The van der Waals surface area contributed by atoms with Crippen molar-refractivity contribution in [2.45, 2.75) is 70.8 Å². The summed E-state index contributed by atoms with van der Waals surface area (Å²) in [5.41, 5.74) is 2.63. The molecule has 0 saturated heterocycles. The lowest BCUT2D eigenvalue weighted by Gasteiger charge is -2.16. The zero-order chi connectivity index (χ0) is 16.5. The van der Waals surface area contributed by atoms with E-state index in [4.69, 9.17) is 4.74 Å². The molecule has 23 heavy (non-hydrogen) atoms. The zero-order valence-electron chi connectivity index (χ0n) is 14.1. The molecule has 1 aliphatic carbocycles. The molecule has 0 bridgehead atoms. The van der Waals surface area contributed by atoms with Gasteiger partial charge in [0.1, 0.15) is 5.75 Å². The SMILES string of the molecule is CCCCCCC(Oc1ccc(C2=CCCCC2)cc1)C(=O)O. The van der Waals surface area contributed by atoms with Crippen LogP contribution in [0.15, 0.2) is 30.3 Å². The Kier molecular flexibility index (Phi) is 7.18. The van der Waals surface area contributed by atoms with Gasteiger partial charge in [0.2, 0.25) is 0 Å². The van der Waals surface area contributed by atoms with E-state index >= 15 is 0 Å². The molecule has 0 saturated carbocycles. The summed E-state index contributed by atoms with van der Waals surface area (Å²) in [6.07, 6.45) is 11.2. The zero-order valence-corrected chi connectivity index (χ0v) is 14.1. The molecule has 3 heteroatoms. The molecule has 0 radical (unpaired) electrons. The van der Waals surface area contributed by atoms with Gasteiger partial charge in [-0.05, 0) is 61.8 Å². The number of carboxylic acid groups (broad SMARTS) is 1. The second-order valence-electron chi connectivity index (χ2n) is 6.29. The summed E-state index contributed by atoms with van der Waals surface area (Å²) in [5, 5.41) is 9.32. The van der Waals surface area contributed by atoms with Gasteiger partial charge in [-0.1, -0.05) is 44.4 Å². The van der Waals surface area contributed by atoms with Crippen molar-refractivity contribution >= 4 is 11.5 Å². The third-order valence-electron chi connectivity index (χ3n) is 4.39. The van der Waals surface area contributed by atoms with Crippen molar-refractivity contribution in [3.8, 4) is 5.75 Å². The van der Waals surface area contributed by atoms with Gasteiger partial charge >= 0.3 is 5.97 Å². The first-order valence-corrected chi connectivity index (χ1v) is 8.89. The lowest BCUT2D eigenvalue weighted by molar-refractivity contribution is -0.145. The third kappa shape index (κ3) is 5.74. The van der Waals surface area contributed by atoms with Crippen LogP contribution >= 0.6 is 0 Å². The van der Waals surface area contributed by atoms with E-state index in [-0.39, 0.29) is 0 Å². The Morgan fingerprint density at radius 2 is 1.96 bits per heavy atom. The number of carboxylic acids is 1. The third-order valence-corrected chi connectivity index (χ3v) is 4.39. The Hall–Kier alpha value is -1.77. The highest BCUT2D eigenvalue weighted by molar-refractivity contribution is 5.73. The molecule has 1 unspecified atom stereocenters. The molecule has 0 spiro atoms. The van der Waals surface area contributed by atoms with Crippen LogP contribution in [0.4, 0.5) is 0 Å². The topological polar surface area (TPSA) is 46.5 Å². The van der Waals surface area contributed by atoms with Crippen LogP contribution in [0.1, 0.15) is 70.3 Å². The highest BCUT2D eigenvalue weighted by Crippen LogP contribution is 2.28. The number of benzene rings is 1. The summed E-state index contributed by atoms with van der Waals surface area (Å²) in [5.74, 6) is -0.228. The molecule has 1 aromatic rings. The summed E-state index contributed by atoms with van der Waals surface area (Å²) < 4.78 is 5.68. The highest BCUT2D eigenvalue weighted by Gasteiger charge is 2.19. The van der Waals surface area contributed by atoms with E-state index in [2.05, 4.69) is 13.0 Å². The van der Waals surface area contributed by atoms with Crippen LogP contribution in [0.5, 0.6) is 5.75 Å². The van der Waals surface area contributed by atoms with Crippen LogP contribution in [0, 0.1) is 0 Å². The number of aliphatic carboxylic acids is 1. The second kappa shape index (κ2) is 9.39. The Labute approximate surface area is 139 Å². The Morgan fingerprint density at radius 3 is 2.57 bits per heavy atom.